The first-order valence-corrected chi connectivity index (χ1v) is 10.4. The number of rotatable bonds is 8. The number of aromatic nitrogens is 1. The maximum absolute atomic E-state index is 12.5. The Hall–Kier alpha value is -2.08. The molecule has 1 aromatic heterocycles. The highest BCUT2D eigenvalue weighted by atomic mass is 32.1. The van der Waals surface area contributed by atoms with Crippen molar-refractivity contribution in [1.29, 1.82) is 0 Å². The number of thiazole rings is 1. The summed E-state index contributed by atoms with van der Waals surface area (Å²) in [6.07, 6.45) is 0.901. The topological polar surface area (TPSA) is 54.5 Å². The van der Waals surface area contributed by atoms with Crippen molar-refractivity contribution in [2.75, 3.05) is 0 Å². The fraction of sp³-hybridized carbons (Fsp3) is 0.524. The number of carbonyl (C=O) groups excluding carboxylic acids is 1. The number of amides is 2. The van der Waals surface area contributed by atoms with Crippen LogP contribution < -0.4 is 10.1 Å². The summed E-state index contributed by atoms with van der Waals surface area (Å²) in [4.78, 5) is 19.0. The summed E-state index contributed by atoms with van der Waals surface area (Å²) in [6, 6.07) is 6.29. The molecule has 0 aliphatic carbocycles. The number of hydrogen-bond acceptors (Lipinski definition) is 4. The molecule has 0 spiro atoms. The van der Waals surface area contributed by atoms with Gasteiger partial charge in [0, 0.05) is 17.5 Å². The van der Waals surface area contributed by atoms with E-state index in [1.807, 2.05) is 36.3 Å². The zero-order valence-electron chi connectivity index (χ0n) is 17.2. The summed E-state index contributed by atoms with van der Waals surface area (Å²) in [5.74, 6) is 0.893. The summed E-state index contributed by atoms with van der Waals surface area (Å²) in [5, 5.41) is 5.91. The van der Waals surface area contributed by atoms with Crippen LogP contribution in [0.25, 0.3) is 0 Å². The van der Waals surface area contributed by atoms with Gasteiger partial charge in [-0.2, -0.15) is 0 Å². The lowest BCUT2D eigenvalue weighted by atomic mass is 10.1. The molecule has 1 heterocycles. The van der Waals surface area contributed by atoms with Gasteiger partial charge in [0.15, 0.2) is 0 Å². The third kappa shape index (κ3) is 5.96. The molecular formula is C21H31N3O2S. The number of carbonyl (C=O) groups is 1. The third-order valence-corrected chi connectivity index (χ3v) is 5.50. The number of benzene rings is 1. The molecule has 2 aromatic rings. The minimum atomic E-state index is -0.0412. The van der Waals surface area contributed by atoms with Crippen LogP contribution in [0.15, 0.2) is 23.6 Å². The van der Waals surface area contributed by atoms with E-state index in [4.69, 9.17) is 4.74 Å². The Balaban J connectivity index is 2.02. The zero-order chi connectivity index (χ0) is 20.0. The van der Waals surface area contributed by atoms with Crippen molar-refractivity contribution in [3.8, 4) is 5.75 Å². The van der Waals surface area contributed by atoms with E-state index in [1.165, 1.54) is 5.56 Å². The van der Waals surface area contributed by atoms with Crippen LogP contribution in [-0.2, 0) is 13.2 Å². The van der Waals surface area contributed by atoms with E-state index in [0.717, 1.165) is 28.4 Å². The minimum absolute atomic E-state index is 0.0412. The average Bonchev–Trinajstić information content (AvgIpc) is 3.07. The molecule has 2 amide bonds. The lowest BCUT2D eigenvalue weighted by Crippen LogP contribution is -2.46. The molecule has 0 aliphatic heterocycles. The highest BCUT2D eigenvalue weighted by Gasteiger charge is 2.21. The maximum atomic E-state index is 12.5. The van der Waals surface area contributed by atoms with Crippen LogP contribution in [0.2, 0.25) is 0 Å². The highest BCUT2D eigenvalue weighted by Crippen LogP contribution is 2.23. The Morgan fingerprint density at radius 3 is 2.70 bits per heavy atom. The average molecular weight is 390 g/mol. The molecule has 0 saturated carbocycles. The number of nitrogens with one attached hydrogen (secondary N) is 1. The van der Waals surface area contributed by atoms with Gasteiger partial charge < -0.3 is 15.0 Å². The predicted octanol–water partition coefficient (Wildman–Crippen LogP) is 5.06. The summed E-state index contributed by atoms with van der Waals surface area (Å²) in [7, 11) is 0. The van der Waals surface area contributed by atoms with Gasteiger partial charge in [0.05, 0.1) is 12.2 Å². The van der Waals surface area contributed by atoms with Gasteiger partial charge in [0.25, 0.3) is 0 Å². The van der Waals surface area contributed by atoms with Crippen LogP contribution in [0.1, 0.15) is 55.9 Å². The Morgan fingerprint density at radius 2 is 2.04 bits per heavy atom. The van der Waals surface area contributed by atoms with E-state index in [-0.39, 0.29) is 18.1 Å². The van der Waals surface area contributed by atoms with Gasteiger partial charge in [-0.05, 0) is 58.2 Å². The van der Waals surface area contributed by atoms with E-state index in [2.05, 4.69) is 44.1 Å². The minimum Gasteiger partial charge on any atom is -0.486 e. The fourth-order valence-electron chi connectivity index (χ4n) is 2.66. The van der Waals surface area contributed by atoms with Crippen molar-refractivity contribution >= 4 is 17.4 Å². The van der Waals surface area contributed by atoms with E-state index in [1.54, 1.807) is 11.3 Å². The molecule has 0 aliphatic rings. The van der Waals surface area contributed by atoms with Crippen molar-refractivity contribution < 1.29 is 9.53 Å². The standard InChI is InChI=1S/C21H31N3O2S/c1-7-16(5)24(21(25)22-14(2)3)11-18-13-27-20(23-18)12-26-19-10-8-9-15(4)17(19)6/h8-10,13-14,16H,7,11-12H2,1-6H3,(H,22,25)/t16-/m1/s1. The highest BCUT2D eigenvalue weighted by molar-refractivity contribution is 7.09. The van der Waals surface area contributed by atoms with E-state index >= 15 is 0 Å². The van der Waals surface area contributed by atoms with Gasteiger partial charge in [0.1, 0.15) is 17.4 Å². The molecule has 1 N–H and O–H groups in total. The fourth-order valence-corrected chi connectivity index (χ4v) is 3.36. The summed E-state index contributed by atoms with van der Waals surface area (Å²) in [6.45, 7) is 13.2. The van der Waals surface area contributed by atoms with Crippen molar-refractivity contribution in [2.45, 2.75) is 73.2 Å². The number of ether oxygens (including phenoxy) is 1. The second kappa shape index (κ2) is 9.74. The van der Waals surface area contributed by atoms with Crippen molar-refractivity contribution in [3.63, 3.8) is 0 Å². The van der Waals surface area contributed by atoms with Crippen molar-refractivity contribution in [1.82, 2.24) is 15.2 Å². The lowest BCUT2D eigenvalue weighted by molar-refractivity contribution is 0.170. The first-order chi connectivity index (χ1) is 12.8. The Labute approximate surface area is 166 Å². The van der Waals surface area contributed by atoms with Crippen molar-refractivity contribution in [3.05, 3.63) is 45.4 Å². The van der Waals surface area contributed by atoms with Crippen LogP contribution in [0.4, 0.5) is 4.79 Å². The number of aryl methyl sites for hydroxylation is 1. The van der Waals surface area contributed by atoms with Crippen molar-refractivity contribution in [2.24, 2.45) is 0 Å². The molecule has 1 atom stereocenters. The maximum Gasteiger partial charge on any atom is 0.318 e. The number of hydrogen-bond donors (Lipinski definition) is 1. The SMILES string of the molecule is CC[C@@H](C)N(Cc1csc(COc2cccc(C)c2C)n1)C(=O)NC(C)C. The predicted molar refractivity (Wildman–Crippen MR) is 111 cm³/mol. The Bertz CT molecular complexity index is 758. The normalized spacial score (nSPS) is 12.1. The third-order valence-electron chi connectivity index (χ3n) is 4.63. The molecule has 6 heteroatoms. The Morgan fingerprint density at radius 1 is 1.30 bits per heavy atom. The molecule has 1 aromatic carbocycles. The summed E-state index contributed by atoms with van der Waals surface area (Å²) < 4.78 is 5.95. The molecule has 148 valence electrons. The molecule has 0 unspecified atom stereocenters. The molecule has 2 rings (SSSR count). The first kappa shape index (κ1) is 21.2. The molecule has 0 bridgehead atoms. The van der Waals surface area contributed by atoms with Gasteiger partial charge in [-0.25, -0.2) is 9.78 Å². The Kier molecular flexibility index (Phi) is 7.66. The van der Waals surface area contributed by atoms with Gasteiger partial charge in [-0.15, -0.1) is 11.3 Å². The van der Waals surface area contributed by atoms with E-state index in [9.17, 15) is 4.79 Å². The molecule has 0 radical (unpaired) electrons. The van der Waals surface area contributed by atoms with Gasteiger partial charge in [-0.1, -0.05) is 19.1 Å². The lowest BCUT2D eigenvalue weighted by Gasteiger charge is -2.29. The quantitative estimate of drug-likeness (QED) is 0.687. The largest absolute Gasteiger partial charge is 0.486 e. The van der Waals surface area contributed by atoms with Crippen LogP contribution in [0.3, 0.4) is 0 Å². The van der Waals surface area contributed by atoms with Crippen LogP contribution in [0.5, 0.6) is 5.75 Å². The van der Waals surface area contributed by atoms with E-state index < -0.39 is 0 Å². The van der Waals surface area contributed by atoms with Gasteiger partial charge in [0.2, 0.25) is 0 Å². The second-order valence-electron chi connectivity index (χ2n) is 7.21. The monoisotopic (exact) mass is 389 g/mol. The number of nitrogens with zero attached hydrogens (tertiary/aromatic N) is 2. The van der Waals surface area contributed by atoms with Crippen LogP contribution in [-0.4, -0.2) is 28.0 Å². The van der Waals surface area contributed by atoms with Gasteiger partial charge in [-0.3, -0.25) is 0 Å². The smallest absolute Gasteiger partial charge is 0.318 e. The van der Waals surface area contributed by atoms with Crippen LogP contribution in [0, 0.1) is 13.8 Å². The van der Waals surface area contributed by atoms with Gasteiger partial charge >= 0.3 is 6.03 Å². The molecular weight excluding hydrogens is 358 g/mol. The molecule has 5 nitrogen and oxygen atoms in total. The first-order valence-electron chi connectivity index (χ1n) is 9.51. The molecule has 0 fully saturated rings. The van der Waals surface area contributed by atoms with Crippen LogP contribution >= 0.6 is 11.3 Å². The number of urea groups is 1. The summed E-state index contributed by atoms with van der Waals surface area (Å²) >= 11 is 1.57. The zero-order valence-corrected chi connectivity index (χ0v) is 18.0. The second-order valence-corrected chi connectivity index (χ2v) is 8.15. The van der Waals surface area contributed by atoms with E-state index in [0.29, 0.717) is 13.2 Å². The molecule has 27 heavy (non-hydrogen) atoms. The summed E-state index contributed by atoms with van der Waals surface area (Å²) in [5.41, 5.74) is 3.27. The molecule has 0 saturated heterocycles.